The Morgan fingerprint density at radius 3 is 2.59 bits per heavy atom. The Kier molecular flexibility index (Phi) is 6.39. The van der Waals surface area contributed by atoms with Gasteiger partial charge in [0.25, 0.3) is 11.6 Å². The van der Waals surface area contributed by atoms with Crippen LogP contribution < -0.4 is 9.80 Å². The lowest BCUT2D eigenvalue weighted by molar-refractivity contribution is -0.384. The van der Waals surface area contributed by atoms with E-state index in [9.17, 15) is 19.7 Å². The largest absolute Gasteiger partial charge is 0.452 e. The molecule has 0 atom stereocenters. The fourth-order valence-corrected chi connectivity index (χ4v) is 4.39. The Morgan fingerprint density at radius 1 is 1.09 bits per heavy atom. The number of hydrogen-bond donors (Lipinski definition) is 0. The first kappa shape index (κ1) is 21.8. The van der Waals surface area contributed by atoms with Crippen molar-refractivity contribution in [3.05, 3.63) is 63.7 Å². The third-order valence-corrected chi connectivity index (χ3v) is 6.27. The molecule has 0 bridgehead atoms. The molecule has 1 saturated heterocycles. The second-order valence-corrected chi connectivity index (χ2v) is 8.48. The SMILES string of the molecule is CC1CCN(c2ccc(C(=O)OCC(=O)N3CCCc4ccccc43)cc2[N+](=O)[O-])CC1. The van der Waals surface area contributed by atoms with E-state index in [0.717, 1.165) is 50.0 Å². The van der Waals surface area contributed by atoms with Gasteiger partial charge < -0.3 is 14.5 Å². The standard InChI is InChI=1S/C24H27N3O5/c1-17-10-13-25(14-11-17)21-9-8-19(15-22(21)27(30)31)24(29)32-16-23(28)26-12-4-6-18-5-2-3-7-20(18)26/h2-3,5,7-9,15,17H,4,6,10-14,16H2,1H3. The molecule has 2 aliphatic heterocycles. The van der Waals surface area contributed by atoms with Gasteiger partial charge in [-0.1, -0.05) is 25.1 Å². The van der Waals surface area contributed by atoms with Gasteiger partial charge in [0.05, 0.1) is 10.5 Å². The molecule has 1 fully saturated rings. The van der Waals surface area contributed by atoms with Gasteiger partial charge in [0.1, 0.15) is 5.69 Å². The smallest absolute Gasteiger partial charge is 0.338 e. The van der Waals surface area contributed by atoms with E-state index in [4.69, 9.17) is 4.74 Å². The quantitative estimate of drug-likeness (QED) is 0.399. The highest BCUT2D eigenvalue weighted by molar-refractivity contribution is 5.98. The molecule has 2 aromatic carbocycles. The molecule has 8 nitrogen and oxygen atoms in total. The maximum absolute atomic E-state index is 12.7. The summed E-state index contributed by atoms with van der Waals surface area (Å²) in [6, 6.07) is 12.1. The Morgan fingerprint density at radius 2 is 1.84 bits per heavy atom. The summed E-state index contributed by atoms with van der Waals surface area (Å²) in [5, 5.41) is 11.7. The first-order valence-electron chi connectivity index (χ1n) is 11.0. The number of piperidine rings is 1. The van der Waals surface area contributed by atoms with Gasteiger partial charge in [0.15, 0.2) is 6.61 Å². The van der Waals surface area contributed by atoms with E-state index in [2.05, 4.69) is 6.92 Å². The van der Waals surface area contributed by atoms with Crippen molar-refractivity contribution < 1.29 is 19.2 Å². The molecule has 168 valence electrons. The Balaban J connectivity index is 1.44. The lowest BCUT2D eigenvalue weighted by Crippen LogP contribution is -2.38. The van der Waals surface area contributed by atoms with Crippen LogP contribution in [0.5, 0.6) is 0 Å². The number of anilines is 2. The average Bonchev–Trinajstić information content (AvgIpc) is 2.82. The van der Waals surface area contributed by atoms with E-state index in [0.29, 0.717) is 18.2 Å². The fraction of sp³-hybridized carbons (Fsp3) is 0.417. The van der Waals surface area contributed by atoms with Gasteiger partial charge in [-0.15, -0.1) is 0 Å². The molecule has 2 aliphatic rings. The minimum Gasteiger partial charge on any atom is -0.452 e. The van der Waals surface area contributed by atoms with E-state index in [1.807, 2.05) is 29.2 Å². The number of para-hydroxylation sites is 1. The molecule has 32 heavy (non-hydrogen) atoms. The lowest BCUT2D eigenvalue weighted by atomic mass is 9.98. The average molecular weight is 437 g/mol. The van der Waals surface area contributed by atoms with Crippen LogP contribution in [0.25, 0.3) is 0 Å². The zero-order chi connectivity index (χ0) is 22.7. The van der Waals surface area contributed by atoms with E-state index in [1.165, 1.54) is 12.1 Å². The normalized spacial score (nSPS) is 16.4. The van der Waals surface area contributed by atoms with Crippen LogP contribution in [0.4, 0.5) is 17.1 Å². The summed E-state index contributed by atoms with van der Waals surface area (Å²) in [6.45, 7) is 3.83. The van der Waals surface area contributed by atoms with E-state index < -0.39 is 17.5 Å². The molecule has 0 N–H and O–H groups in total. The minimum atomic E-state index is -0.745. The zero-order valence-electron chi connectivity index (χ0n) is 18.2. The summed E-state index contributed by atoms with van der Waals surface area (Å²) in [5.41, 5.74) is 2.40. The molecule has 8 heteroatoms. The zero-order valence-corrected chi connectivity index (χ0v) is 18.2. The summed E-state index contributed by atoms with van der Waals surface area (Å²) in [4.78, 5) is 40.1. The molecular weight excluding hydrogens is 410 g/mol. The van der Waals surface area contributed by atoms with Crippen molar-refractivity contribution in [1.82, 2.24) is 0 Å². The maximum Gasteiger partial charge on any atom is 0.338 e. The van der Waals surface area contributed by atoms with E-state index >= 15 is 0 Å². The molecule has 0 aliphatic carbocycles. The third-order valence-electron chi connectivity index (χ3n) is 6.27. The number of aryl methyl sites for hydroxylation is 1. The molecule has 0 spiro atoms. The number of nitro benzene ring substituents is 1. The predicted octanol–water partition coefficient (Wildman–Crippen LogP) is 3.97. The van der Waals surface area contributed by atoms with Crippen molar-refractivity contribution >= 4 is 28.9 Å². The van der Waals surface area contributed by atoms with Gasteiger partial charge >= 0.3 is 5.97 Å². The number of carbonyl (C=O) groups is 2. The third kappa shape index (κ3) is 4.59. The van der Waals surface area contributed by atoms with Gasteiger partial charge in [0.2, 0.25) is 0 Å². The highest BCUT2D eigenvalue weighted by atomic mass is 16.6. The van der Waals surface area contributed by atoms with Crippen LogP contribution >= 0.6 is 0 Å². The monoisotopic (exact) mass is 437 g/mol. The molecule has 0 aromatic heterocycles. The number of amides is 1. The van der Waals surface area contributed by atoms with Crippen LogP contribution in [0.2, 0.25) is 0 Å². The predicted molar refractivity (Wildman–Crippen MR) is 121 cm³/mol. The molecular formula is C24H27N3O5. The number of esters is 1. The van der Waals surface area contributed by atoms with Crippen LogP contribution in [0, 0.1) is 16.0 Å². The van der Waals surface area contributed by atoms with Crippen molar-refractivity contribution in [2.75, 3.05) is 36.0 Å². The number of carbonyl (C=O) groups excluding carboxylic acids is 2. The van der Waals surface area contributed by atoms with Crippen LogP contribution in [-0.2, 0) is 16.0 Å². The van der Waals surface area contributed by atoms with Crippen molar-refractivity contribution in [3.63, 3.8) is 0 Å². The van der Waals surface area contributed by atoms with Crippen molar-refractivity contribution in [3.8, 4) is 0 Å². The lowest BCUT2D eigenvalue weighted by Gasteiger charge is -2.31. The summed E-state index contributed by atoms with van der Waals surface area (Å²) in [5.74, 6) is -0.450. The molecule has 4 rings (SSSR count). The Labute approximate surface area is 186 Å². The molecule has 2 aromatic rings. The van der Waals surface area contributed by atoms with Crippen LogP contribution in [0.1, 0.15) is 42.1 Å². The highest BCUT2D eigenvalue weighted by Gasteiger charge is 2.26. The summed E-state index contributed by atoms with van der Waals surface area (Å²) >= 11 is 0. The van der Waals surface area contributed by atoms with Gasteiger partial charge in [-0.25, -0.2) is 4.79 Å². The molecule has 0 saturated carbocycles. The Bertz CT molecular complexity index is 1030. The second-order valence-electron chi connectivity index (χ2n) is 8.48. The van der Waals surface area contributed by atoms with Crippen LogP contribution in [-0.4, -0.2) is 43.0 Å². The number of fused-ring (bicyclic) bond motifs is 1. The number of ether oxygens (including phenoxy) is 1. The number of hydrogen-bond acceptors (Lipinski definition) is 6. The second kappa shape index (κ2) is 9.38. The molecule has 0 radical (unpaired) electrons. The molecule has 2 heterocycles. The van der Waals surface area contributed by atoms with Crippen LogP contribution in [0.15, 0.2) is 42.5 Å². The van der Waals surface area contributed by atoms with Gasteiger partial charge in [0, 0.05) is 31.4 Å². The summed E-state index contributed by atoms with van der Waals surface area (Å²) in [6.07, 6.45) is 3.71. The number of nitrogens with zero attached hydrogens (tertiary/aromatic N) is 3. The van der Waals surface area contributed by atoms with Crippen molar-refractivity contribution in [2.45, 2.75) is 32.6 Å². The minimum absolute atomic E-state index is 0.0673. The van der Waals surface area contributed by atoms with Gasteiger partial charge in [-0.05, 0) is 55.4 Å². The molecule has 1 amide bonds. The van der Waals surface area contributed by atoms with Crippen molar-refractivity contribution in [1.29, 1.82) is 0 Å². The van der Waals surface area contributed by atoms with E-state index in [-0.39, 0.29) is 17.2 Å². The maximum atomic E-state index is 12.7. The highest BCUT2D eigenvalue weighted by Crippen LogP contribution is 2.32. The first-order chi connectivity index (χ1) is 15.4. The summed E-state index contributed by atoms with van der Waals surface area (Å²) in [7, 11) is 0. The van der Waals surface area contributed by atoms with E-state index in [1.54, 1.807) is 11.0 Å². The first-order valence-corrected chi connectivity index (χ1v) is 11.0. The topological polar surface area (TPSA) is 93.0 Å². The van der Waals surface area contributed by atoms with Gasteiger partial charge in [-0.3, -0.25) is 14.9 Å². The van der Waals surface area contributed by atoms with Crippen molar-refractivity contribution in [2.24, 2.45) is 5.92 Å². The fourth-order valence-electron chi connectivity index (χ4n) is 4.39. The van der Waals surface area contributed by atoms with Crippen LogP contribution in [0.3, 0.4) is 0 Å². The summed E-state index contributed by atoms with van der Waals surface area (Å²) < 4.78 is 5.23. The Hall–Kier alpha value is -3.42. The molecule has 0 unspecified atom stereocenters. The van der Waals surface area contributed by atoms with Gasteiger partial charge in [-0.2, -0.15) is 0 Å². The number of rotatable bonds is 5. The number of nitro groups is 1. The number of benzene rings is 2.